The van der Waals surface area contributed by atoms with Crippen LogP contribution < -0.4 is 5.32 Å². The summed E-state index contributed by atoms with van der Waals surface area (Å²) in [5, 5.41) is 3.07. The van der Waals surface area contributed by atoms with Crippen LogP contribution in [0.5, 0.6) is 0 Å². The molecule has 0 radical (unpaired) electrons. The smallest absolute Gasteiger partial charge is 0.186 e. The predicted octanol–water partition coefficient (Wildman–Crippen LogP) is 2.38. The van der Waals surface area contributed by atoms with E-state index in [-0.39, 0.29) is 6.07 Å². The largest absolute Gasteiger partial charge is 0.311 e. The molecule has 0 saturated heterocycles. The first-order chi connectivity index (χ1) is 9.50. The SMILES string of the molecule is Cc1nc2c(n1-c1c(F)c(F)cc(F)c1F)CCNC2. The van der Waals surface area contributed by atoms with E-state index in [0.29, 0.717) is 36.7 Å². The zero-order chi connectivity index (χ0) is 14.4. The van der Waals surface area contributed by atoms with Gasteiger partial charge >= 0.3 is 0 Å². The Morgan fingerprint density at radius 2 is 1.80 bits per heavy atom. The quantitative estimate of drug-likeness (QED) is 0.644. The number of aryl methyl sites for hydroxylation is 1. The lowest BCUT2D eigenvalue weighted by Gasteiger charge is -2.17. The van der Waals surface area contributed by atoms with E-state index < -0.39 is 29.0 Å². The van der Waals surface area contributed by atoms with Crippen LogP contribution in [0.4, 0.5) is 17.6 Å². The monoisotopic (exact) mass is 285 g/mol. The Hall–Kier alpha value is -1.89. The van der Waals surface area contributed by atoms with Crippen LogP contribution in [0.3, 0.4) is 0 Å². The van der Waals surface area contributed by atoms with Crippen LogP contribution in [0.1, 0.15) is 17.2 Å². The summed E-state index contributed by atoms with van der Waals surface area (Å²) in [6.07, 6.45) is 0.479. The third kappa shape index (κ3) is 1.81. The molecule has 1 aromatic heterocycles. The minimum Gasteiger partial charge on any atom is -0.311 e. The van der Waals surface area contributed by atoms with Gasteiger partial charge in [0.25, 0.3) is 0 Å². The maximum atomic E-state index is 13.9. The normalized spacial score (nSPS) is 14.4. The van der Waals surface area contributed by atoms with Crippen LogP contribution in [0.25, 0.3) is 5.69 Å². The van der Waals surface area contributed by atoms with E-state index in [4.69, 9.17) is 0 Å². The Morgan fingerprint density at radius 3 is 2.45 bits per heavy atom. The van der Waals surface area contributed by atoms with E-state index in [1.807, 2.05) is 0 Å². The van der Waals surface area contributed by atoms with Gasteiger partial charge in [-0.15, -0.1) is 0 Å². The minimum absolute atomic E-state index is 0.203. The van der Waals surface area contributed by atoms with Crippen LogP contribution in [0.2, 0.25) is 0 Å². The maximum Gasteiger partial charge on any atom is 0.186 e. The molecule has 1 aliphatic heterocycles. The molecule has 2 heterocycles. The molecular formula is C13H11F4N3. The van der Waals surface area contributed by atoms with Gasteiger partial charge in [0.15, 0.2) is 23.3 Å². The van der Waals surface area contributed by atoms with E-state index in [1.54, 1.807) is 6.92 Å². The third-order valence-corrected chi connectivity index (χ3v) is 3.37. The van der Waals surface area contributed by atoms with Gasteiger partial charge in [-0.3, -0.25) is 4.57 Å². The molecule has 1 aliphatic rings. The van der Waals surface area contributed by atoms with Crippen molar-refractivity contribution in [2.45, 2.75) is 19.9 Å². The molecular weight excluding hydrogens is 274 g/mol. The standard InChI is InChI=1S/C13H11F4N3/c1-6-19-9-5-18-3-2-10(9)20(6)13-11(16)7(14)4-8(15)12(13)17/h4,18H,2-3,5H2,1H3. The molecule has 0 spiro atoms. The molecule has 0 atom stereocenters. The number of nitrogens with zero attached hydrogens (tertiary/aromatic N) is 2. The lowest BCUT2D eigenvalue weighted by Crippen LogP contribution is -2.25. The van der Waals surface area contributed by atoms with Crippen LogP contribution >= 0.6 is 0 Å². The Labute approximate surface area is 112 Å². The second kappa shape index (κ2) is 4.59. The highest BCUT2D eigenvalue weighted by Crippen LogP contribution is 2.28. The van der Waals surface area contributed by atoms with Gasteiger partial charge in [0.1, 0.15) is 11.5 Å². The Morgan fingerprint density at radius 1 is 1.15 bits per heavy atom. The number of benzene rings is 1. The van der Waals surface area contributed by atoms with Gasteiger partial charge in [-0.05, 0) is 6.92 Å². The van der Waals surface area contributed by atoms with Crippen molar-refractivity contribution in [1.29, 1.82) is 0 Å². The molecule has 3 rings (SSSR count). The number of hydrogen-bond acceptors (Lipinski definition) is 2. The van der Waals surface area contributed by atoms with Crippen molar-refractivity contribution in [1.82, 2.24) is 14.9 Å². The Kier molecular flexibility index (Phi) is 3.01. The molecule has 0 aliphatic carbocycles. The molecule has 0 fully saturated rings. The molecule has 0 saturated carbocycles. The number of imidazole rings is 1. The number of nitrogens with one attached hydrogen (secondary N) is 1. The van der Waals surface area contributed by atoms with Crippen molar-refractivity contribution in [3.05, 3.63) is 46.5 Å². The molecule has 1 aromatic carbocycles. The van der Waals surface area contributed by atoms with Crippen molar-refractivity contribution < 1.29 is 17.6 Å². The molecule has 0 amide bonds. The summed E-state index contributed by atoms with van der Waals surface area (Å²) in [4.78, 5) is 4.19. The lowest BCUT2D eigenvalue weighted by atomic mass is 10.1. The number of fused-ring (bicyclic) bond motifs is 1. The van der Waals surface area contributed by atoms with Crippen molar-refractivity contribution in [2.75, 3.05) is 6.54 Å². The Bertz CT molecular complexity index is 667. The topological polar surface area (TPSA) is 29.9 Å². The Balaban J connectivity index is 2.32. The molecule has 2 aromatic rings. The van der Waals surface area contributed by atoms with Gasteiger partial charge in [-0.2, -0.15) is 0 Å². The van der Waals surface area contributed by atoms with E-state index in [0.717, 1.165) is 4.57 Å². The van der Waals surface area contributed by atoms with Crippen molar-refractivity contribution in [2.24, 2.45) is 0 Å². The van der Waals surface area contributed by atoms with Crippen LogP contribution in [-0.4, -0.2) is 16.1 Å². The van der Waals surface area contributed by atoms with Crippen LogP contribution in [0.15, 0.2) is 6.07 Å². The first kappa shape index (κ1) is 13.1. The third-order valence-electron chi connectivity index (χ3n) is 3.37. The summed E-state index contributed by atoms with van der Waals surface area (Å²) in [7, 11) is 0. The highest BCUT2D eigenvalue weighted by atomic mass is 19.2. The number of halogens is 4. The summed E-state index contributed by atoms with van der Waals surface area (Å²) in [6, 6.07) is 0.203. The van der Waals surface area contributed by atoms with Gasteiger partial charge in [0, 0.05) is 31.3 Å². The molecule has 0 unspecified atom stereocenters. The molecule has 1 N–H and O–H groups in total. The molecule has 0 bridgehead atoms. The lowest BCUT2D eigenvalue weighted by molar-refractivity contribution is 0.445. The van der Waals surface area contributed by atoms with E-state index in [1.165, 1.54) is 0 Å². The maximum absolute atomic E-state index is 13.9. The van der Waals surface area contributed by atoms with Gasteiger partial charge in [-0.25, -0.2) is 22.5 Å². The minimum atomic E-state index is -1.42. The number of rotatable bonds is 1. The molecule has 3 nitrogen and oxygen atoms in total. The predicted molar refractivity (Wildman–Crippen MR) is 63.5 cm³/mol. The van der Waals surface area contributed by atoms with Crippen molar-refractivity contribution >= 4 is 0 Å². The molecule has 20 heavy (non-hydrogen) atoms. The summed E-state index contributed by atoms with van der Waals surface area (Å²) >= 11 is 0. The zero-order valence-corrected chi connectivity index (χ0v) is 10.6. The fourth-order valence-electron chi connectivity index (χ4n) is 2.50. The van der Waals surface area contributed by atoms with Gasteiger partial charge < -0.3 is 5.32 Å². The van der Waals surface area contributed by atoms with Crippen LogP contribution in [-0.2, 0) is 13.0 Å². The van der Waals surface area contributed by atoms with E-state index in [9.17, 15) is 17.6 Å². The van der Waals surface area contributed by atoms with Gasteiger partial charge in [0.2, 0.25) is 0 Å². The van der Waals surface area contributed by atoms with Gasteiger partial charge in [-0.1, -0.05) is 0 Å². The second-order valence-electron chi connectivity index (χ2n) is 4.63. The van der Waals surface area contributed by atoms with Crippen molar-refractivity contribution in [3.63, 3.8) is 0 Å². The first-order valence-electron chi connectivity index (χ1n) is 6.12. The summed E-state index contributed by atoms with van der Waals surface area (Å²) < 4.78 is 55.7. The fourth-order valence-corrected chi connectivity index (χ4v) is 2.50. The van der Waals surface area contributed by atoms with E-state index in [2.05, 4.69) is 10.3 Å². The number of hydrogen-bond donors (Lipinski definition) is 1. The highest BCUT2D eigenvalue weighted by Gasteiger charge is 2.26. The molecule has 7 heteroatoms. The average Bonchev–Trinajstić information content (AvgIpc) is 2.74. The van der Waals surface area contributed by atoms with Crippen molar-refractivity contribution in [3.8, 4) is 5.69 Å². The van der Waals surface area contributed by atoms with E-state index >= 15 is 0 Å². The summed E-state index contributed by atoms with van der Waals surface area (Å²) in [6.45, 7) is 2.61. The van der Waals surface area contributed by atoms with Gasteiger partial charge in [0.05, 0.1) is 5.69 Å². The molecule has 106 valence electrons. The highest BCUT2D eigenvalue weighted by molar-refractivity contribution is 5.42. The second-order valence-corrected chi connectivity index (χ2v) is 4.63. The summed E-state index contributed by atoms with van der Waals surface area (Å²) in [5.74, 6) is -5.37. The van der Waals surface area contributed by atoms with Crippen LogP contribution in [0, 0.1) is 30.2 Å². The number of aromatic nitrogens is 2. The zero-order valence-electron chi connectivity index (χ0n) is 10.6. The fraction of sp³-hybridized carbons (Fsp3) is 0.308. The average molecular weight is 285 g/mol. The first-order valence-corrected chi connectivity index (χ1v) is 6.12. The summed E-state index contributed by atoms with van der Waals surface area (Å²) in [5.41, 5.74) is 0.469.